The molecular weight excluding hydrogens is 261 g/mol. The number of pyridine rings is 2. The second-order valence-electron chi connectivity index (χ2n) is 3.28. The maximum absolute atomic E-state index is 12.1. The van der Waals surface area contributed by atoms with Crippen LogP contribution in [-0.2, 0) is 0 Å². The van der Waals surface area contributed by atoms with E-state index in [2.05, 4.69) is 9.97 Å². The highest BCUT2D eigenvalue weighted by molar-refractivity contribution is 6.31. The van der Waals surface area contributed by atoms with Gasteiger partial charge in [0.1, 0.15) is 11.0 Å². The van der Waals surface area contributed by atoms with E-state index in [0.29, 0.717) is 10.6 Å². The lowest BCUT2D eigenvalue weighted by atomic mass is 10.1. The third-order valence-corrected chi connectivity index (χ3v) is 2.53. The highest BCUT2D eigenvalue weighted by Crippen LogP contribution is 2.19. The van der Waals surface area contributed by atoms with Crippen molar-refractivity contribution in [1.29, 1.82) is 0 Å². The number of nitrogens with zero attached hydrogens (tertiary/aromatic N) is 2. The van der Waals surface area contributed by atoms with Crippen molar-refractivity contribution in [3.8, 4) is 0 Å². The smallest absolute Gasteiger partial charge is 0.196 e. The molecule has 0 saturated heterocycles. The Bertz CT molecular complexity index is 587. The van der Waals surface area contributed by atoms with Gasteiger partial charge in [-0.15, -0.1) is 0 Å². The lowest BCUT2D eigenvalue weighted by Crippen LogP contribution is -2.07. The number of hydrogen-bond acceptors (Lipinski definition) is 4. The first-order valence-corrected chi connectivity index (χ1v) is 5.41. The fourth-order valence-corrected chi connectivity index (χ4v) is 1.66. The van der Waals surface area contributed by atoms with Crippen molar-refractivity contribution in [2.24, 2.45) is 0 Å². The van der Waals surface area contributed by atoms with Crippen molar-refractivity contribution in [2.75, 3.05) is 5.73 Å². The number of nitrogens with two attached hydrogens (primary N) is 1. The van der Waals surface area contributed by atoms with Crippen molar-refractivity contribution in [3.05, 3.63) is 51.9 Å². The Morgan fingerprint density at radius 1 is 1.24 bits per heavy atom. The molecule has 2 heterocycles. The molecule has 2 aromatic heterocycles. The standard InChI is InChI=1S/C11H7Cl2N3O/c12-7-4-8(11(14)16-5-7)10(17)6-1-2-15-9(13)3-6/h1-5H,(H2,14,16). The van der Waals surface area contributed by atoms with Gasteiger partial charge in [0, 0.05) is 18.0 Å². The molecule has 0 aromatic carbocycles. The van der Waals surface area contributed by atoms with Crippen LogP contribution in [0.3, 0.4) is 0 Å². The summed E-state index contributed by atoms with van der Waals surface area (Å²) in [5.74, 6) is -0.158. The maximum Gasteiger partial charge on any atom is 0.196 e. The van der Waals surface area contributed by atoms with Gasteiger partial charge in [-0.2, -0.15) is 0 Å². The van der Waals surface area contributed by atoms with Crippen LogP contribution in [0, 0.1) is 0 Å². The van der Waals surface area contributed by atoms with Gasteiger partial charge < -0.3 is 5.73 Å². The highest BCUT2D eigenvalue weighted by atomic mass is 35.5. The Morgan fingerprint density at radius 3 is 2.71 bits per heavy atom. The molecule has 0 aliphatic heterocycles. The number of ketones is 1. The summed E-state index contributed by atoms with van der Waals surface area (Å²) in [6.07, 6.45) is 2.83. The molecule has 0 fully saturated rings. The van der Waals surface area contributed by atoms with Crippen LogP contribution in [-0.4, -0.2) is 15.8 Å². The summed E-state index contributed by atoms with van der Waals surface area (Å²) in [4.78, 5) is 19.7. The monoisotopic (exact) mass is 267 g/mol. The summed E-state index contributed by atoms with van der Waals surface area (Å²) >= 11 is 11.5. The van der Waals surface area contributed by atoms with E-state index in [-0.39, 0.29) is 22.3 Å². The van der Waals surface area contributed by atoms with Crippen molar-refractivity contribution in [2.45, 2.75) is 0 Å². The van der Waals surface area contributed by atoms with E-state index < -0.39 is 0 Å². The number of rotatable bonds is 2. The van der Waals surface area contributed by atoms with E-state index >= 15 is 0 Å². The number of nitrogen functional groups attached to an aromatic ring is 1. The number of anilines is 1. The Hall–Kier alpha value is -1.65. The largest absolute Gasteiger partial charge is 0.383 e. The normalized spacial score (nSPS) is 10.2. The first-order chi connectivity index (χ1) is 8.08. The Labute approximate surface area is 107 Å². The van der Waals surface area contributed by atoms with Gasteiger partial charge in [0.15, 0.2) is 5.78 Å². The number of carbonyl (C=O) groups excluding carboxylic acids is 1. The molecule has 0 unspecified atom stereocenters. The second-order valence-corrected chi connectivity index (χ2v) is 4.11. The first kappa shape index (κ1) is 11.8. The van der Waals surface area contributed by atoms with Crippen LogP contribution >= 0.6 is 23.2 Å². The summed E-state index contributed by atoms with van der Waals surface area (Å²) in [6.45, 7) is 0. The topological polar surface area (TPSA) is 68.9 Å². The predicted molar refractivity (Wildman–Crippen MR) is 66.3 cm³/mol. The highest BCUT2D eigenvalue weighted by Gasteiger charge is 2.14. The summed E-state index contributed by atoms with van der Waals surface area (Å²) in [5.41, 5.74) is 6.27. The number of aromatic nitrogens is 2. The van der Waals surface area contributed by atoms with Crippen LogP contribution in [0.2, 0.25) is 10.2 Å². The maximum atomic E-state index is 12.1. The molecule has 6 heteroatoms. The van der Waals surface area contributed by atoms with Crippen LogP contribution in [0.4, 0.5) is 5.82 Å². The van der Waals surface area contributed by atoms with Crippen molar-refractivity contribution < 1.29 is 4.79 Å². The van der Waals surface area contributed by atoms with Gasteiger partial charge in [-0.3, -0.25) is 4.79 Å². The van der Waals surface area contributed by atoms with Gasteiger partial charge in [-0.05, 0) is 18.2 Å². The van der Waals surface area contributed by atoms with Gasteiger partial charge in [0.25, 0.3) is 0 Å². The molecular formula is C11H7Cl2N3O. The van der Waals surface area contributed by atoms with Gasteiger partial charge in [-0.25, -0.2) is 9.97 Å². The van der Waals surface area contributed by atoms with E-state index in [9.17, 15) is 4.79 Å². The minimum Gasteiger partial charge on any atom is -0.383 e. The van der Waals surface area contributed by atoms with Crippen molar-refractivity contribution >= 4 is 34.8 Å². The molecule has 2 aromatic rings. The van der Waals surface area contributed by atoms with Crippen LogP contribution in [0.15, 0.2) is 30.6 Å². The SMILES string of the molecule is Nc1ncc(Cl)cc1C(=O)c1ccnc(Cl)c1. The lowest BCUT2D eigenvalue weighted by molar-refractivity contribution is 0.103. The van der Waals surface area contributed by atoms with E-state index in [1.54, 1.807) is 6.07 Å². The summed E-state index contributed by atoms with van der Waals surface area (Å²) < 4.78 is 0. The summed E-state index contributed by atoms with van der Waals surface area (Å²) in [7, 11) is 0. The quantitative estimate of drug-likeness (QED) is 0.671. The number of halogens is 2. The van der Waals surface area contributed by atoms with E-state index in [1.165, 1.54) is 24.5 Å². The van der Waals surface area contributed by atoms with Crippen molar-refractivity contribution in [1.82, 2.24) is 9.97 Å². The zero-order valence-corrected chi connectivity index (χ0v) is 10.0. The van der Waals surface area contributed by atoms with Crippen LogP contribution < -0.4 is 5.73 Å². The third kappa shape index (κ3) is 2.54. The molecule has 0 spiro atoms. The first-order valence-electron chi connectivity index (χ1n) is 4.65. The molecule has 2 N–H and O–H groups in total. The van der Waals surface area contributed by atoms with E-state index in [1.807, 2.05) is 0 Å². The molecule has 0 saturated carbocycles. The van der Waals surface area contributed by atoms with E-state index in [0.717, 1.165) is 0 Å². The summed E-state index contributed by atoms with van der Waals surface area (Å²) in [5, 5.41) is 0.590. The average molecular weight is 268 g/mol. The van der Waals surface area contributed by atoms with Crippen LogP contribution in [0.25, 0.3) is 0 Å². The fraction of sp³-hybridized carbons (Fsp3) is 0. The molecule has 0 aliphatic carbocycles. The average Bonchev–Trinajstić information content (AvgIpc) is 2.31. The predicted octanol–water partition coefficient (Wildman–Crippen LogP) is 2.60. The molecule has 4 nitrogen and oxygen atoms in total. The molecule has 0 radical (unpaired) electrons. The number of carbonyl (C=O) groups is 1. The fourth-order valence-electron chi connectivity index (χ4n) is 1.33. The summed E-state index contributed by atoms with van der Waals surface area (Å²) in [6, 6.07) is 4.49. The molecule has 86 valence electrons. The third-order valence-electron chi connectivity index (χ3n) is 2.12. The van der Waals surface area contributed by atoms with Gasteiger partial charge in [0.2, 0.25) is 0 Å². The molecule has 2 rings (SSSR count). The number of hydrogen-bond donors (Lipinski definition) is 1. The minimum absolute atomic E-state index is 0.132. The van der Waals surface area contributed by atoms with Gasteiger partial charge in [0.05, 0.1) is 10.6 Å². The zero-order valence-electron chi connectivity index (χ0n) is 8.52. The minimum atomic E-state index is -0.290. The molecule has 0 atom stereocenters. The molecule has 17 heavy (non-hydrogen) atoms. The Balaban J connectivity index is 2.47. The van der Waals surface area contributed by atoms with Crippen molar-refractivity contribution in [3.63, 3.8) is 0 Å². The second kappa shape index (κ2) is 4.69. The molecule has 0 aliphatic rings. The van der Waals surface area contributed by atoms with Gasteiger partial charge in [-0.1, -0.05) is 23.2 Å². The lowest BCUT2D eigenvalue weighted by Gasteiger charge is -2.04. The molecule has 0 bridgehead atoms. The van der Waals surface area contributed by atoms with Crippen LogP contribution in [0.5, 0.6) is 0 Å². The molecule has 0 amide bonds. The van der Waals surface area contributed by atoms with Crippen LogP contribution in [0.1, 0.15) is 15.9 Å². The van der Waals surface area contributed by atoms with E-state index in [4.69, 9.17) is 28.9 Å². The Kier molecular flexibility index (Phi) is 3.26. The zero-order chi connectivity index (χ0) is 12.4. The Morgan fingerprint density at radius 2 is 2.00 bits per heavy atom. The van der Waals surface area contributed by atoms with Gasteiger partial charge >= 0.3 is 0 Å².